The number of hydrogen-bond acceptors (Lipinski definition) is 3. The highest BCUT2D eigenvalue weighted by Crippen LogP contribution is 2.17. The van der Waals surface area contributed by atoms with E-state index in [0.717, 1.165) is 0 Å². The number of aromatic nitrogens is 2. The molecule has 0 atom stereocenters. The lowest BCUT2D eigenvalue weighted by Crippen LogP contribution is -1.90. The number of aromatic amines is 1. The Morgan fingerprint density at radius 1 is 1.38 bits per heavy atom. The van der Waals surface area contributed by atoms with Crippen molar-refractivity contribution in [3.8, 4) is 0 Å². The van der Waals surface area contributed by atoms with Crippen molar-refractivity contribution in [2.75, 3.05) is 0 Å². The van der Waals surface area contributed by atoms with Crippen LogP contribution in [-0.4, -0.2) is 18.4 Å². The summed E-state index contributed by atoms with van der Waals surface area (Å²) < 4.78 is 33.5. The molecular formula is C7H5FN2O2S. The summed E-state index contributed by atoms with van der Waals surface area (Å²) in [5.41, 5.74) is 1.10. The standard InChI is InChI=1S/C7H5FN2O2S/c8-13(11,12)5-1-2-6-7(3-5)10-4-9-6/h1-4H,(H,9,10). The van der Waals surface area contributed by atoms with Crippen LogP contribution in [0.5, 0.6) is 0 Å². The zero-order valence-corrected chi connectivity index (χ0v) is 7.18. The lowest BCUT2D eigenvalue weighted by atomic mass is 10.3. The molecular weight excluding hydrogens is 195 g/mol. The molecule has 0 amide bonds. The number of halogens is 1. The molecule has 0 bridgehead atoms. The van der Waals surface area contributed by atoms with E-state index in [4.69, 9.17) is 0 Å². The number of nitrogens with zero attached hydrogens (tertiary/aromatic N) is 1. The van der Waals surface area contributed by atoms with Gasteiger partial charge in [0.05, 0.1) is 17.4 Å². The van der Waals surface area contributed by atoms with Crippen molar-refractivity contribution in [3.05, 3.63) is 24.5 Å². The Hall–Kier alpha value is -1.43. The first-order chi connectivity index (χ1) is 6.07. The number of hydrogen-bond donors (Lipinski definition) is 1. The van der Waals surface area contributed by atoms with Gasteiger partial charge in [0.15, 0.2) is 0 Å². The molecule has 0 saturated carbocycles. The summed E-state index contributed by atoms with van der Waals surface area (Å²) in [7, 11) is -4.62. The Morgan fingerprint density at radius 3 is 2.85 bits per heavy atom. The van der Waals surface area contributed by atoms with Crippen LogP contribution in [-0.2, 0) is 10.2 Å². The number of fused-ring (bicyclic) bond motifs is 1. The third-order valence-electron chi connectivity index (χ3n) is 1.67. The van der Waals surface area contributed by atoms with Crippen LogP contribution in [0.2, 0.25) is 0 Å². The van der Waals surface area contributed by atoms with Crippen molar-refractivity contribution in [1.82, 2.24) is 9.97 Å². The van der Waals surface area contributed by atoms with Gasteiger partial charge in [-0.05, 0) is 18.2 Å². The lowest BCUT2D eigenvalue weighted by molar-refractivity contribution is 0.552. The van der Waals surface area contributed by atoms with E-state index in [1.165, 1.54) is 24.5 Å². The summed E-state index contributed by atoms with van der Waals surface area (Å²) in [6.07, 6.45) is 1.42. The molecule has 0 spiro atoms. The number of imidazole rings is 1. The van der Waals surface area contributed by atoms with Crippen LogP contribution in [0.4, 0.5) is 3.89 Å². The van der Waals surface area contributed by atoms with E-state index < -0.39 is 10.2 Å². The largest absolute Gasteiger partial charge is 0.345 e. The van der Waals surface area contributed by atoms with Crippen LogP contribution in [0.15, 0.2) is 29.4 Å². The lowest BCUT2D eigenvalue weighted by Gasteiger charge is -1.93. The third kappa shape index (κ3) is 1.40. The summed E-state index contributed by atoms with van der Waals surface area (Å²) in [6, 6.07) is 3.83. The van der Waals surface area contributed by atoms with Gasteiger partial charge >= 0.3 is 10.2 Å². The summed E-state index contributed by atoms with van der Waals surface area (Å²) in [5, 5.41) is 0. The molecule has 6 heteroatoms. The van der Waals surface area contributed by atoms with Crippen molar-refractivity contribution >= 4 is 21.3 Å². The summed E-state index contributed by atoms with van der Waals surface area (Å²) >= 11 is 0. The first-order valence-electron chi connectivity index (χ1n) is 3.45. The van der Waals surface area contributed by atoms with Crippen LogP contribution in [0.1, 0.15) is 0 Å². The van der Waals surface area contributed by atoms with Crippen molar-refractivity contribution in [2.45, 2.75) is 4.90 Å². The Morgan fingerprint density at radius 2 is 2.15 bits per heavy atom. The maximum Gasteiger partial charge on any atom is 0.332 e. The number of rotatable bonds is 1. The molecule has 2 rings (SSSR count). The van der Waals surface area contributed by atoms with Gasteiger partial charge in [0.1, 0.15) is 4.90 Å². The fourth-order valence-electron chi connectivity index (χ4n) is 1.07. The average Bonchev–Trinajstić information content (AvgIpc) is 2.47. The van der Waals surface area contributed by atoms with Gasteiger partial charge in [-0.15, -0.1) is 3.89 Å². The molecule has 0 radical (unpaired) electrons. The van der Waals surface area contributed by atoms with Crippen molar-refractivity contribution in [3.63, 3.8) is 0 Å². The summed E-state index contributed by atoms with van der Waals surface area (Å²) in [5.74, 6) is 0. The predicted molar refractivity (Wildman–Crippen MR) is 44.4 cm³/mol. The molecule has 0 saturated heterocycles. The zero-order chi connectivity index (χ0) is 9.47. The van der Waals surface area contributed by atoms with Crippen LogP contribution >= 0.6 is 0 Å². The minimum atomic E-state index is -4.62. The normalized spacial score (nSPS) is 12.1. The van der Waals surface area contributed by atoms with Crippen LogP contribution in [0.25, 0.3) is 11.0 Å². The molecule has 0 unspecified atom stereocenters. The third-order valence-corrected chi connectivity index (χ3v) is 2.49. The van der Waals surface area contributed by atoms with Gasteiger partial charge in [-0.2, -0.15) is 8.42 Å². The molecule has 2 aromatic rings. The SMILES string of the molecule is O=S(=O)(F)c1ccc2nc[nH]c2c1. The number of benzene rings is 1. The van der Waals surface area contributed by atoms with Gasteiger partial charge in [0, 0.05) is 0 Å². The molecule has 1 N–H and O–H groups in total. The van der Waals surface area contributed by atoms with Crippen molar-refractivity contribution in [2.24, 2.45) is 0 Å². The van der Waals surface area contributed by atoms with Crippen molar-refractivity contribution < 1.29 is 12.3 Å². The molecule has 1 aromatic heterocycles. The maximum atomic E-state index is 12.5. The molecule has 1 aromatic carbocycles. The van der Waals surface area contributed by atoms with E-state index in [1.54, 1.807) is 0 Å². The number of nitrogens with one attached hydrogen (secondary N) is 1. The van der Waals surface area contributed by atoms with Gasteiger partial charge < -0.3 is 4.98 Å². The second-order valence-corrected chi connectivity index (χ2v) is 3.87. The van der Waals surface area contributed by atoms with E-state index >= 15 is 0 Å². The maximum absolute atomic E-state index is 12.5. The molecule has 0 aliphatic rings. The second kappa shape index (κ2) is 2.53. The highest BCUT2D eigenvalue weighted by Gasteiger charge is 2.12. The van der Waals surface area contributed by atoms with Gasteiger partial charge in [0.25, 0.3) is 0 Å². The Labute approximate surface area is 73.6 Å². The highest BCUT2D eigenvalue weighted by molar-refractivity contribution is 7.86. The molecule has 68 valence electrons. The molecule has 0 fully saturated rings. The van der Waals surface area contributed by atoms with Crippen LogP contribution in [0.3, 0.4) is 0 Å². The monoisotopic (exact) mass is 200 g/mol. The van der Waals surface area contributed by atoms with Gasteiger partial charge in [0.2, 0.25) is 0 Å². The van der Waals surface area contributed by atoms with Crippen LogP contribution in [0, 0.1) is 0 Å². The van der Waals surface area contributed by atoms with E-state index in [1.807, 2.05) is 0 Å². The van der Waals surface area contributed by atoms with Crippen molar-refractivity contribution in [1.29, 1.82) is 0 Å². The molecule has 4 nitrogen and oxygen atoms in total. The van der Waals surface area contributed by atoms with Gasteiger partial charge in [-0.1, -0.05) is 0 Å². The zero-order valence-electron chi connectivity index (χ0n) is 6.36. The highest BCUT2D eigenvalue weighted by atomic mass is 32.3. The van der Waals surface area contributed by atoms with Gasteiger partial charge in [-0.3, -0.25) is 0 Å². The average molecular weight is 200 g/mol. The molecule has 0 aliphatic carbocycles. The van der Waals surface area contributed by atoms with E-state index in [9.17, 15) is 12.3 Å². The van der Waals surface area contributed by atoms with E-state index in [-0.39, 0.29) is 4.90 Å². The summed E-state index contributed by atoms with van der Waals surface area (Å²) in [4.78, 5) is 6.20. The molecule has 0 aliphatic heterocycles. The van der Waals surface area contributed by atoms with Gasteiger partial charge in [-0.25, -0.2) is 4.98 Å². The van der Waals surface area contributed by atoms with E-state index in [0.29, 0.717) is 11.0 Å². The smallest absolute Gasteiger partial charge is 0.332 e. The van der Waals surface area contributed by atoms with Crippen LogP contribution < -0.4 is 0 Å². The second-order valence-electron chi connectivity index (χ2n) is 2.52. The fourth-order valence-corrected chi connectivity index (χ4v) is 1.56. The minimum absolute atomic E-state index is 0.357. The topological polar surface area (TPSA) is 62.8 Å². The fraction of sp³-hybridized carbons (Fsp3) is 0. The Balaban J connectivity index is 2.75. The summed E-state index contributed by atoms with van der Waals surface area (Å²) in [6.45, 7) is 0. The molecule has 1 heterocycles. The Kier molecular flexibility index (Phi) is 1.59. The van der Waals surface area contributed by atoms with E-state index in [2.05, 4.69) is 9.97 Å². The first kappa shape index (κ1) is 8.18. The predicted octanol–water partition coefficient (Wildman–Crippen LogP) is 1.22. The molecule has 13 heavy (non-hydrogen) atoms. The Bertz CT molecular complexity index is 546. The minimum Gasteiger partial charge on any atom is -0.345 e. The first-order valence-corrected chi connectivity index (χ1v) is 4.83. The quantitative estimate of drug-likeness (QED) is 0.704. The number of H-pyrrole nitrogens is 1.